The van der Waals surface area contributed by atoms with Crippen LogP contribution in [0.25, 0.3) is 0 Å². The van der Waals surface area contributed by atoms with Crippen LogP contribution in [-0.4, -0.2) is 35.9 Å². The molecule has 1 heterocycles. The van der Waals surface area contributed by atoms with E-state index in [0.29, 0.717) is 27.7 Å². The minimum atomic E-state index is -1.04. The molecule has 0 saturated carbocycles. The van der Waals surface area contributed by atoms with Crippen molar-refractivity contribution in [3.8, 4) is 5.75 Å². The smallest absolute Gasteiger partial charge is 0.332 e. The largest absolute Gasteiger partial charge is 0.497 e. The van der Waals surface area contributed by atoms with Gasteiger partial charge in [-0.1, -0.05) is 23.7 Å². The van der Waals surface area contributed by atoms with E-state index in [1.54, 1.807) is 48.5 Å². The summed E-state index contributed by atoms with van der Waals surface area (Å²) in [6.07, 6.45) is -0.249. The van der Waals surface area contributed by atoms with Crippen molar-refractivity contribution in [3.05, 3.63) is 89.2 Å². The number of nitrogens with zero attached hydrogens (tertiary/aromatic N) is 2. The van der Waals surface area contributed by atoms with Crippen molar-refractivity contribution < 1.29 is 23.5 Å². The standard InChI is InChI=1S/C25H21ClFN3O4/c1-34-21-12-10-20(11-13-21)30-24(32)22(14-23(31)28-19-8-4-17(26)5-9-19)29(25(30)33)15-16-2-6-18(27)7-3-16/h2-13,22H,14-15H2,1H3,(H,28,31)/t22-/m0/s1. The van der Waals surface area contributed by atoms with E-state index in [4.69, 9.17) is 16.3 Å². The monoisotopic (exact) mass is 481 g/mol. The van der Waals surface area contributed by atoms with Crippen LogP contribution in [0.2, 0.25) is 5.02 Å². The minimum Gasteiger partial charge on any atom is -0.497 e. The molecule has 1 aliphatic rings. The third kappa shape index (κ3) is 5.02. The first-order chi connectivity index (χ1) is 16.4. The molecule has 174 valence electrons. The predicted octanol–water partition coefficient (Wildman–Crippen LogP) is 4.85. The zero-order chi connectivity index (χ0) is 24.2. The molecule has 1 aliphatic heterocycles. The lowest BCUT2D eigenvalue weighted by molar-refractivity contribution is -0.124. The third-order valence-corrected chi connectivity index (χ3v) is 5.67. The summed E-state index contributed by atoms with van der Waals surface area (Å²) in [7, 11) is 1.51. The molecule has 1 saturated heterocycles. The van der Waals surface area contributed by atoms with Gasteiger partial charge in [-0.15, -0.1) is 0 Å². The maximum absolute atomic E-state index is 13.4. The summed E-state index contributed by atoms with van der Waals surface area (Å²) in [5, 5.41) is 3.24. The number of amides is 4. The first-order valence-corrected chi connectivity index (χ1v) is 10.8. The lowest BCUT2D eigenvalue weighted by atomic mass is 10.1. The normalized spacial score (nSPS) is 15.6. The third-order valence-electron chi connectivity index (χ3n) is 5.42. The highest BCUT2D eigenvalue weighted by molar-refractivity contribution is 6.30. The van der Waals surface area contributed by atoms with Crippen molar-refractivity contribution in [2.24, 2.45) is 0 Å². The molecule has 0 bridgehead atoms. The van der Waals surface area contributed by atoms with Crippen molar-refractivity contribution in [3.63, 3.8) is 0 Å². The molecule has 1 N–H and O–H groups in total. The second-order valence-corrected chi connectivity index (χ2v) is 8.12. The Balaban J connectivity index is 1.59. The number of ether oxygens (including phenoxy) is 1. The molecule has 0 aliphatic carbocycles. The number of urea groups is 1. The topological polar surface area (TPSA) is 79.0 Å². The summed E-state index contributed by atoms with van der Waals surface area (Å²) in [5.74, 6) is -0.797. The Labute approximate surface area is 200 Å². The van der Waals surface area contributed by atoms with E-state index in [0.717, 1.165) is 4.90 Å². The predicted molar refractivity (Wildman–Crippen MR) is 126 cm³/mol. The second-order valence-electron chi connectivity index (χ2n) is 7.68. The summed E-state index contributed by atoms with van der Waals surface area (Å²) in [6, 6.07) is 17.1. The molecule has 0 spiro atoms. The van der Waals surface area contributed by atoms with Gasteiger partial charge in [0.25, 0.3) is 5.91 Å². The Morgan fingerprint density at radius 2 is 1.65 bits per heavy atom. The summed E-state index contributed by atoms with van der Waals surface area (Å²) >= 11 is 5.88. The van der Waals surface area contributed by atoms with Crippen LogP contribution in [0.15, 0.2) is 72.8 Å². The van der Waals surface area contributed by atoms with Crippen molar-refractivity contribution in [1.82, 2.24) is 4.90 Å². The molecule has 1 fully saturated rings. The average Bonchev–Trinajstić information content (AvgIpc) is 3.06. The van der Waals surface area contributed by atoms with E-state index in [1.807, 2.05) is 0 Å². The highest BCUT2D eigenvalue weighted by Gasteiger charge is 2.46. The number of nitrogens with one attached hydrogen (secondary N) is 1. The van der Waals surface area contributed by atoms with Gasteiger partial charge in [-0.2, -0.15) is 0 Å². The van der Waals surface area contributed by atoms with E-state index in [9.17, 15) is 18.8 Å². The molecule has 4 rings (SSSR count). The van der Waals surface area contributed by atoms with Crippen molar-refractivity contribution in [1.29, 1.82) is 0 Å². The zero-order valence-corrected chi connectivity index (χ0v) is 19.0. The minimum absolute atomic E-state index is 0.0381. The molecule has 0 radical (unpaired) electrons. The Hall–Kier alpha value is -3.91. The molecule has 0 unspecified atom stereocenters. The summed E-state index contributed by atoms with van der Waals surface area (Å²) in [6.45, 7) is 0.0381. The van der Waals surface area contributed by atoms with Gasteiger partial charge in [-0.25, -0.2) is 14.1 Å². The van der Waals surface area contributed by atoms with Crippen LogP contribution in [0.5, 0.6) is 5.75 Å². The van der Waals surface area contributed by atoms with Crippen molar-refractivity contribution in [2.45, 2.75) is 19.0 Å². The van der Waals surface area contributed by atoms with Gasteiger partial charge < -0.3 is 15.0 Å². The van der Waals surface area contributed by atoms with Crippen LogP contribution in [0.3, 0.4) is 0 Å². The Bertz CT molecular complexity index is 1200. The number of rotatable bonds is 7. The van der Waals surface area contributed by atoms with Gasteiger partial charge >= 0.3 is 6.03 Å². The van der Waals surface area contributed by atoms with Gasteiger partial charge in [-0.05, 0) is 66.2 Å². The van der Waals surface area contributed by atoms with Crippen LogP contribution in [-0.2, 0) is 16.1 Å². The Kier molecular flexibility index (Phi) is 6.79. The van der Waals surface area contributed by atoms with E-state index >= 15 is 0 Å². The molecule has 34 heavy (non-hydrogen) atoms. The number of methoxy groups -OCH3 is 1. The van der Waals surface area contributed by atoms with E-state index in [1.165, 1.54) is 36.3 Å². The molecular weight excluding hydrogens is 461 g/mol. The van der Waals surface area contributed by atoms with Crippen LogP contribution in [0.4, 0.5) is 20.6 Å². The fraction of sp³-hybridized carbons (Fsp3) is 0.160. The van der Waals surface area contributed by atoms with Crippen LogP contribution in [0, 0.1) is 5.82 Å². The molecule has 1 atom stereocenters. The number of carbonyl (C=O) groups excluding carboxylic acids is 3. The zero-order valence-electron chi connectivity index (χ0n) is 18.2. The van der Waals surface area contributed by atoms with Crippen molar-refractivity contribution in [2.75, 3.05) is 17.3 Å². The summed E-state index contributed by atoms with van der Waals surface area (Å²) in [4.78, 5) is 41.8. The highest BCUT2D eigenvalue weighted by Crippen LogP contribution is 2.30. The quantitative estimate of drug-likeness (QED) is 0.489. The number of halogens is 2. The van der Waals surface area contributed by atoms with Gasteiger partial charge in [0.1, 0.15) is 17.6 Å². The molecule has 7 nitrogen and oxygen atoms in total. The second kappa shape index (κ2) is 9.93. The van der Waals surface area contributed by atoms with Gasteiger partial charge in [0.2, 0.25) is 5.91 Å². The molecule has 9 heteroatoms. The maximum atomic E-state index is 13.4. The fourth-order valence-corrected chi connectivity index (χ4v) is 3.82. The van der Waals surface area contributed by atoms with Gasteiger partial charge in [0.15, 0.2) is 0 Å². The fourth-order valence-electron chi connectivity index (χ4n) is 3.69. The molecule has 3 aromatic carbocycles. The van der Waals surface area contributed by atoms with E-state index in [-0.39, 0.29) is 13.0 Å². The van der Waals surface area contributed by atoms with Crippen molar-refractivity contribution >= 4 is 40.8 Å². The van der Waals surface area contributed by atoms with E-state index < -0.39 is 29.7 Å². The number of imide groups is 1. The Morgan fingerprint density at radius 1 is 1.00 bits per heavy atom. The maximum Gasteiger partial charge on any atom is 0.332 e. The molecular formula is C25H21ClFN3O4. The first-order valence-electron chi connectivity index (χ1n) is 10.4. The van der Waals surface area contributed by atoms with Crippen LogP contribution < -0.4 is 15.0 Å². The van der Waals surface area contributed by atoms with Gasteiger partial charge in [-0.3, -0.25) is 9.59 Å². The average molecular weight is 482 g/mol. The van der Waals surface area contributed by atoms with Crippen LogP contribution >= 0.6 is 11.6 Å². The SMILES string of the molecule is COc1ccc(N2C(=O)[C@H](CC(=O)Nc3ccc(Cl)cc3)N(Cc3ccc(F)cc3)C2=O)cc1. The summed E-state index contributed by atoms with van der Waals surface area (Å²) < 4.78 is 18.5. The Morgan fingerprint density at radius 3 is 2.26 bits per heavy atom. The highest BCUT2D eigenvalue weighted by atomic mass is 35.5. The lowest BCUT2D eigenvalue weighted by Crippen LogP contribution is -2.37. The number of benzene rings is 3. The summed E-state index contributed by atoms with van der Waals surface area (Å²) in [5.41, 5.74) is 1.51. The van der Waals surface area contributed by atoms with E-state index in [2.05, 4.69) is 5.32 Å². The van der Waals surface area contributed by atoms with Gasteiger partial charge in [0, 0.05) is 17.3 Å². The number of anilines is 2. The molecule has 0 aromatic heterocycles. The lowest BCUT2D eigenvalue weighted by Gasteiger charge is -2.21. The number of hydrogen-bond donors (Lipinski definition) is 1. The van der Waals surface area contributed by atoms with Crippen LogP contribution in [0.1, 0.15) is 12.0 Å². The molecule has 4 amide bonds. The first kappa shape index (κ1) is 23.3. The number of hydrogen-bond acceptors (Lipinski definition) is 4. The molecule has 3 aromatic rings. The number of carbonyl (C=O) groups is 3. The van der Waals surface area contributed by atoms with Gasteiger partial charge in [0.05, 0.1) is 19.2 Å².